The minimum Gasteiger partial charge on any atom is -0.379 e. The largest absolute Gasteiger partial charge is 0.379 e. The highest BCUT2D eigenvalue weighted by Crippen LogP contribution is 2.19. The van der Waals surface area contributed by atoms with E-state index in [4.69, 9.17) is 11.2 Å². The number of aryl methyl sites for hydroxylation is 1. The number of carbonyl (C=O) groups is 1. The summed E-state index contributed by atoms with van der Waals surface area (Å²) in [5.41, 5.74) is 2.51. The second-order valence-corrected chi connectivity index (χ2v) is 8.83. The normalized spacial score (nSPS) is 14.9. The molecular formula is C22H24N2O4S. The van der Waals surface area contributed by atoms with E-state index in [0.717, 1.165) is 11.1 Å². The minimum atomic E-state index is -3.59. The number of sulfonamides is 1. The van der Waals surface area contributed by atoms with Crippen LogP contribution in [0.5, 0.6) is 0 Å². The Labute approximate surface area is 172 Å². The first kappa shape index (κ1) is 21.1. The van der Waals surface area contributed by atoms with Crippen LogP contribution in [0.2, 0.25) is 0 Å². The van der Waals surface area contributed by atoms with E-state index < -0.39 is 10.0 Å². The summed E-state index contributed by atoms with van der Waals surface area (Å²) in [6.07, 6.45) is 5.45. The second kappa shape index (κ2) is 9.23. The van der Waals surface area contributed by atoms with Crippen molar-refractivity contribution >= 4 is 15.9 Å². The number of hydrogen-bond acceptors (Lipinski definition) is 4. The summed E-state index contributed by atoms with van der Waals surface area (Å²) < 4.78 is 32.1. The number of ether oxygens (including phenoxy) is 1. The predicted molar refractivity (Wildman–Crippen MR) is 111 cm³/mol. The molecule has 0 saturated carbocycles. The molecule has 2 aromatic rings. The highest BCUT2D eigenvalue weighted by molar-refractivity contribution is 7.89. The third kappa shape index (κ3) is 5.04. The molecule has 0 aliphatic carbocycles. The lowest BCUT2D eigenvalue weighted by atomic mass is 10.1. The van der Waals surface area contributed by atoms with Crippen LogP contribution in [0.25, 0.3) is 0 Å². The number of amides is 1. The number of hydrogen-bond donors (Lipinski definition) is 0. The van der Waals surface area contributed by atoms with Gasteiger partial charge in [-0.15, -0.1) is 6.42 Å². The first-order valence-corrected chi connectivity index (χ1v) is 10.8. The standard InChI is InChI=1S/C22H24N2O4S/c1-3-12-23(17-19-6-4-18(2)5-7-19)22(25)20-8-10-21(11-9-20)29(26,27)24-13-15-28-16-14-24/h1,4-11H,12-17H2,2H3. The fourth-order valence-electron chi connectivity index (χ4n) is 3.11. The Hall–Kier alpha value is -2.66. The van der Waals surface area contributed by atoms with E-state index in [-0.39, 0.29) is 17.3 Å². The Kier molecular flexibility index (Phi) is 6.70. The van der Waals surface area contributed by atoms with Gasteiger partial charge < -0.3 is 9.64 Å². The van der Waals surface area contributed by atoms with E-state index >= 15 is 0 Å². The minimum absolute atomic E-state index is 0.165. The van der Waals surface area contributed by atoms with Gasteiger partial charge in [0.25, 0.3) is 5.91 Å². The van der Waals surface area contributed by atoms with Crippen molar-refractivity contribution in [2.75, 3.05) is 32.8 Å². The highest BCUT2D eigenvalue weighted by Gasteiger charge is 2.26. The number of terminal acetylenes is 1. The summed E-state index contributed by atoms with van der Waals surface area (Å²) in [5, 5.41) is 0. The van der Waals surface area contributed by atoms with Crippen molar-refractivity contribution in [2.24, 2.45) is 0 Å². The van der Waals surface area contributed by atoms with Gasteiger partial charge in [0.1, 0.15) is 0 Å². The predicted octanol–water partition coefficient (Wildman–Crippen LogP) is 2.29. The van der Waals surface area contributed by atoms with Crippen molar-refractivity contribution in [2.45, 2.75) is 18.4 Å². The van der Waals surface area contributed by atoms with Crippen molar-refractivity contribution < 1.29 is 17.9 Å². The molecule has 1 heterocycles. The fraction of sp³-hybridized carbons (Fsp3) is 0.318. The molecule has 0 unspecified atom stereocenters. The van der Waals surface area contributed by atoms with Crippen LogP contribution in [-0.4, -0.2) is 56.4 Å². The van der Waals surface area contributed by atoms with Crippen LogP contribution in [-0.2, 0) is 21.3 Å². The SMILES string of the molecule is C#CCN(Cc1ccc(C)cc1)C(=O)c1ccc(S(=O)(=O)N2CCOCC2)cc1. The van der Waals surface area contributed by atoms with E-state index in [1.54, 1.807) is 4.90 Å². The third-order valence-electron chi connectivity index (χ3n) is 4.77. The molecular weight excluding hydrogens is 388 g/mol. The van der Waals surface area contributed by atoms with Gasteiger partial charge in [-0.05, 0) is 36.8 Å². The van der Waals surface area contributed by atoms with E-state index in [9.17, 15) is 13.2 Å². The molecule has 0 aromatic heterocycles. The zero-order valence-corrected chi connectivity index (χ0v) is 17.2. The van der Waals surface area contributed by atoms with Crippen molar-refractivity contribution in [1.82, 2.24) is 9.21 Å². The zero-order valence-electron chi connectivity index (χ0n) is 16.4. The van der Waals surface area contributed by atoms with Gasteiger partial charge in [-0.2, -0.15) is 4.31 Å². The van der Waals surface area contributed by atoms with Gasteiger partial charge in [-0.25, -0.2) is 8.42 Å². The molecule has 0 atom stereocenters. The molecule has 6 nitrogen and oxygen atoms in total. The van der Waals surface area contributed by atoms with Gasteiger partial charge >= 0.3 is 0 Å². The van der Waals surface area contributed by atoms with Crippen molar-refractivity contribution in [1.29, 1.82) is 0 Å². The molecule has 0 bridgehead atoms. The van der Waals surface area contributed by atoms with Gasteiger partial charge in [0.05, 0.1) is 24.7 Å². The van der Waals surface area contributed by atoms with Crippen LogP contribution < -0.4 is 0 Å². The first-order valence-electron chi connectivity index (χ1n) is 9.38. The molecule has 0 radical (unpaired) electrons. The molecule has 1 saturated heterocycles. The number of rotatable bonds is 6. The number of benzene rings is 2. The summed E-state index contributed by atoms with van der Waals surface area (Å²) >= 11 is 0. The molecule has 1 amide bonds. The average Bonchev–Trinajstić information content (AvgIpc) is 2.75. The van der Waals surface area contributed by atoms with E-state index in [0.29, 0.717) is 38.4 Å². The van der Waals surface area contributed by atoms with E-state index in [2.05, 4.69) is 5.92 Å². The lowest BCUT2D eigenvalue weighted by Crippen LogP contribution is -2.40. The quantitative estimate of drug-likeness (QED) is 0.683. The van der Waals surface area contributed by atoms with Crippen LogP contribution in [0.3, 0.4) is 0 Å². The van der Waals surface area contributed by atoms with Gasteiger partial charge in [-0.3, -0.25) is 4.79 Å². The van der Waals surface area contributed by atoms with Crippen LogP contribution in [0.4, 0.5) is 0 Å². The Balaban J connectivity index is 1.77. The average molecular weight is 413 g/mol. The van der Waals surface area contributed by atoms with Gasteiger partial charge in [0.2, 0.25) is 10.0 Å². The van der Waals surface area contributed by atoms with Crippen molar-refractivity contribution in [3.8, 4) is 12.3 Å². The molecule has 0 spiro atoms. The molecule has 3 rings (SSSR count). The maximum absolute atomic E-state index is 12.9. The summed E-state index contributed by atoms with van der Waals surface area (Å²) in [5.74, 6) is 2.28. The highest BCUT2D eigenvalue weighted by atomic mass is 32.2. The Morgan fingerprint density at radius 1 is 1.10 bits per heavy atom. The van der Waals surface area contributed by atoms with Gasteiger partial charge in [-0.1, -0.05) is 35.7 Å². The fourth-order valence-corrected chi connectivity index (χ4v) is 4.52. The van der Waals surface area contributed by atoms with Crippen LogP contribution in [0.15, 0.2) is 53.4 Å². The molecule has 29 heavy (non-hydrogen) atoms. The maximum Gasteiger partial charge on any atom is 0.254 e. The van der Waals surface area contributed by atoms with Crippen LogP contribution in [0.1, 0.15) is 21.5 Å². The zero-order chi connectivity index (χ0) is 20.9. The summed E-state index contributed by atoms with van der Waals surface area (Å²) in [4.78, 5) is 14.7. The van der Waals surface area contributed by atoms with Gasteiger partial charge in [0.15, 0.2) is 0 Å². The number of morpholine rings is 1. The number of nitrogens with zero attached hydrogens (tertiary/aromatic N) is 2. The monoisotopic (exact) mass is 412 g/mol. The summed E-state index contributed by atoms with van der Waals surface area (Å²) in [6.45, 7) is 3.98. The molecule has 7 heteroatoms. The Morgan fingerprint density at radius 2 is 1.72 bits per heavy atom. The second-order valence-electron chi connectivity index (χ2n) is 6.89. The molecule has 1 aliphatic heterocycles. The lowest BCUT2D eigenvalue weighted by molar-refractivity contribution is 0.0730. The topological polar surface area (TPSA) is 66.9 Å². The summed E-state index contributed by atoms with van der Waals surface area (Å²) in [7, 11) is -3.59. The van der Waals surface area contributed by atoms with Crippen LogP contribution >= 0.6 is 0 Å². The lowest BCUT2D eigenvalue weighted by Gasteiger charge is -2.26. The Morgan fingerprint density at radius 3 is 2.31 bits per heavy atom. The van der Waals surface area contributed by atoms with E-state index in [1.807, 2.05) is 31.2 Å². The number of carbonyl (C=O) groups excluding carboxylic acids is 1. The molecule has 152 valence electrons. The Bertz CT molecular complexity index is 987. The van der Waals surface area contributed by atoms with Crippen molar-refractivity contribution in [3.05, 3.63) is 65.2 Å². The smallest absolute Gasteiger partial charge is 0.254 e. The molecule has 1 fully saturated rings. The van der Waals surface area contributed by atoms with Crippen LogP contribution in [0, 0.1) is 19.3 Å². The first-order chi connectivity index (χ1) is 13.9. The maximum atomic E-state index is 12.9. The molecule has 2 aromatic carbocycles. The molecule has 1 aliphatic rings. The van der Waals surface area contributed by atoms with Crippen molar-refractivity contribution in [3.63, 3.8) is 0 Å². The summed E-state index contributed by atoms with van der Waals surface area (Å²) in [6, 6.07) is 13.9. The molecule has 0 N–H and O–H groups in total. The van der Waals surface area contributed by atoms with Gasteiger partial charge in [0, 0.05) is 25.2 Å². The third-order valence-corrected chi connectivity index (χ3v) is 6.69. The van der Waals surface area contributed by atoms with E-state index in [1.165, 1.54) is 28.6 Å².